The van der Waals surface area contributed by atoms with Gasteiger partial charge in [-0.1, -0.05) is 42.5 Å². The van der Waals surface area contributed by atoms with E-state index in [4.69, 9.17) is 16.3 Å². The van der Waals surface area contributed by atoms with Crippen LogP contribution in [0.5, 0.6) is 5.75 Å². The normalized spacial score (nSPS) is 11.9. The molecule has 0 heterocycles. The van der Waals surface area contributed by atoms with Crippen LogP contribution in [0.25, 0.3) is 0 Å². The van der Waals surface area contributed by atoms with Crippen molar-refractivity contribution < 1.29 is 9.53 Å². The molecular formula is C16H15ClO2. The molecule has 0 radical (unpaired) electrons. The molecule has 0 spiro atoms. The lowest BCUT2D eigenvalue weighted by Crippen LogP contribution is -2.10. The molecule has 0 N–H and O–H groups in total. The minimum atomic E-state index is -0.350. The standard InChI is InChI=1S/C16H15ClO2/c1-19-14-9-5-8-13(11-14)15(16(17)18)10-12-6-3-2-4-7-12/h2-9,11,15H,10H2,1H3. The Hall–Kier alpha value is -1.80. The first kappa shape index (κ1) is 13.6. The number of carbonyl (C=O) groups excluding carboxylic acids is 1. The number of benzene rings is 2. The van der Waals surface area contributed by atoms with Gasteiger partial charge >= 0.3 is 0 Å². The number of hydrogen-bond acceptors (Lipinski definition) is 2. The van der Waals surface area contributed by atoms with Gasteiger partial charge in [0.15, 0.2) is 0 Å². The van der Waals surface area contributed by atoms with Gasteiger partial charge in [-0.25, -0.2) is 0 Å². The van der Waals surface area contributed by atoms with E-state index in [-0.39, 0.29) is 11.2 Å². The molecular weight excluding hydrogens is 260 g/mol. The van der Waals surface area contributed by atoms with E-state index in [2.05, 4.69) is 0 Å². The van der Waals surface area contributed by atoms with Gasteiger partial charge in [0.1, 0.15) is 5.75 Å². The SMILES string of the molecule is COc1cccc(C(Cc2ccccc2)C(=O)Cl)c1. The number of ether oxygens (including phenoxy) is 1. The minimum absolute atomic E-state index is 0.348. The zero-order valence-corrected chi connectivity index (χ0v) is 11.4. The molecule has 0 amide bonds. The third kappa shape index (κ3) is 3.58. The smallest absolute Gasteiger partial charge is 0.229 e. The molecule has 2 rings (SSSR count). The molecule has 2 nitrogen and oxygen atoms in total. The Kier molecular flexibility index (Phi) is 4.58. The summed E-state index contributed by atoms with van der Waals surface area (Å²) in [6.45, 7) is 0. The van der Waals surface area contributed by atoms with Gasteiger partial charge in [-0.05, 0) is 41.3 Å². The predicted molar refractivity (Wildman–Crippen MR) is 76.7 cm³/mol. The van der Waals surface area contributed by atoms with Crippen molar-refractivity contribution in [3.63, 3.8) is 0 Å². The number of methoxy groups -OCH3 is 1. The van der Waals surface area contributed by atoms with Crippen LogP contribution >= 0.6 is 11.6 Å². The molecule has 1 atom stereocenters. The summed E-state index contributed by atoms with van der Waals surface area (Å²) < 4.78 is 5.18. The van der Waals surface area contributed by atoms with Gasteiger partial charge in [-0.15, -0.1) is 0 Å². The largest absolute Gasteiger partial charge is 0.497 e. The fourth-order valence-corrected chi connectivity index (χ4v) is 2.24. The number of hydrogen-bond donors (Lipinski definition) is 0. The molecule has 3 heteroatoms. The number of rotatable bonds is 5. The van der Waals surface area contributed by atoms with Gasteiger partial charge in [0.25, 0.3) is 0 Å². The Morgan fingerprint density at radius 3 is 2.53 bits per heavy atom. The van der Waals surface area contributed by atoms with Crippen LogP contribution in [0.1, 0.15) is 17.0 Å². The Morgan fingerprint density at radius 1 is 1.16 bits per heavy atom. The van der Waals surface area contributed by atoms with Crippen molar-refractivity contribution in [2.45, 2.75) is 12.3 Å². The summed E-state index contributed by atoms with van der Waals surface area (Å²) in [6.07, 6.45) is 0.594. The molecule has 0 saturated carbocycles. The lowest BCUT2D eigenvalue weighted by atomic mass is 9.93. The molecule has 0 aliphatic carbocycles. The second-order valence-electron chi connectivity index (χ2n) is 4.32. The summed E-state index contributed by atoms with van der Waals surface area (Å²) in [7, 11) is 1.60. The van der Waals surface area contributed by atoms with Crippen LogP contribution in [0.4, 0.5) is 0 Å². The fourth-order valence-electron chi connectivity index (χ4n) is 2.04. The van der Waals surface area contributed by atoms with Gasteiger partial charge in [-0.2, -0.15) is 0 Å². The first-order valence-corrected chi connectivity index (χ1v) is 6.45. The lowest BCUT2D eigenvalue weighted by Gasteiger charge is -2.14. The Labute approximate surface area is 118 Å². The van der Waals surface area contributed by atoms with Crippen LogP contribution in [-0.4, -0.2) is 12.4 Å². The summed E-state index contributed by atoms with van der Waals surface area (Å²) in [4.78, 5) is 11.7. The van der Waals surface area contributed by atoms with Crippen molar-refractivity contribution in [2.75, 3.05) is 7.11 Å². The maximum atomic E-state index is 11.7. The van der Waals surface area contributed by atoms with Crippen molar-refractivity contribution >= 4 is 16.8 Å². The Bertz CT molecular complexity index is 552. The highest BCUT2D eigenvalue weighted by Crippen LogP contribution is 2.26. The second-order valence-corrected chi connectivity index (χ2v) is 4.70. The van der Waals surface area contributed by atoms with Crippen LogP contribution in [0.3, 0.4) is 0 Å². The average molecular weight is 275 g/mol. The van der Waals surface area contributed by atoms with Crippen molar-refractivity contribution in [1.82, 2.24) is 0 Å². The number of carbonyl (C=O) groups is 1. The quantitative estimate of drug-likeness (QED) is 0.776. The summed E-state index contributed by atoms with van der Waals surface area (Å²) in [5.41, 5.74) is 1.97. The molecule has 0 fully saturated rings. The second kappa shape index (κ2) is 6.39. The van der Waals surface area contributed by atoms with Crippen LogP contribution < -0.4 is 4.74 Å². The molecule has 2 aromatic carbocycles. The summed E-state index contributed by atoms with van der Waals surface area (Å²) in [5, 5.41) is -0.350. The highest BCUT2D eigenvalue weighted by Gasteiger charge is 2.19. The molecule has 98 valence electrons. The van der Waals surface area contributed by atoms with Gasteiger partial charge < -0.3 is 4.74 Å². The monoisotopic (exact) mass is 274 g/mol. The van der Waals surface area contributed by atoms with E-state index in [0.29, 0.717) is 6.42 Å². The third-order valence-electron chi connectivity index (χ3n) is 3.05. The average Bonchev–Trinajstić information content (AvgIpc) is 2.45. The van der Waals surface area contributed by atoms with Crippen molar-refractivity contribution in [3.8, 4) is 5.75 Å². The molecule has 0 aromatic heterocycles. The van der Waals surface area contributed by atoms with Crippen molar-refractivity contribution in [2.24, 2.45) is 0 Å². The first-order chi connectivity index (χ1) is 9.20. The fraction of sp³-hybridized carbons (Fsp3) is 0.188. The summed E-state index contributed by atoms with van der Waals surface area (Å²) in [6, 6.07) is 17.3. The molecule has 0 aliphatic rings. The maximum absolute atomic E-state index is 11.7. The van der Waals surface area contributed by atoms with Crippen LogP contribution in [0.2, 0.25) is 0 Å². The highest BCUT2D eigenvalue weighted by molar-refractivity contribution is 6.64. The zero-order valence-electron chi connectivity index (χ0n) is 10.7. The molecule has 0 bridgehead atoms. The minimum Gasteiger partial charge on any atom is -0.497 e. The maximum Gasteiger partial charge on any atom is 0.229 e. The van der Waals surface area contributed by atoms with E-state index in [0.717, 1.165) is 16.9 Å². The van der Waals surface area contributed by atoms with E-state index >= 15 is 0 Å². The van der Waals surface area contributed by atoms with Crippen molar-refractivity contribution in [1.29, 1.82) is 0 Å². The van der Waals surface area contributed by atoms with Gasteiger partial charge in [-0.3, -0.25) is 4.79 Å². The van der Waals surface area contributed by atoms with Gasteiger partial charge in [0, 0.05) is 0 Å². The molecule has 1 unspecified atom stereocenters. The molecule has 0 saturated heterocycles. The highest BCUT2D eigenvalue weighted by atomic mass is 35.5. The van der Waals surface area contributed by atoms with Crippen LogP contribution in [0.15, 0.2) is 54.6 Å². The summed E-state index contributed by atoms with van der Waals surface area (Å²) >= 11 is 5.74. The lowest BCUT2D eigenvalue weighted by molar-refractivity contribution is -0.113. The Balaban J connectivity index is 2.27. The Morgan fingerprint density at radius 2 is 1.89 bits per heavy atom. The molecule has 0 aliphatic heterocycles. The number of halogens is 1. The van der Waals surface area contributed by atoms with Crippen LogP contribution in [0, 0.1) is 0 Å². The van der Waals surface area contributed by atoms with Crippen molar-refractivity contribution in [3.05, 3.63) is 65.7 Å². The van der Waals surface area contributed by atoms with E-state index < -0.39 is 0 Å². The van der Waals surface area contributed by atoms with E-state index in [1.54, 1.807) is 7.11 Å². The first-order valence-electron chi connectivity index (χ1n) is 6.08. The van der Waals surface area contributed by atoms with Gasteiger partial charge in [0.05, 0.1) is 13.0 Å². The predicted octanol–water partition coefficient (Wildman–Crippen LogP) is 3.79. The third-order valence-corrected chi connectivity index (χ3v) is 3.32. The van der Waals surface area contributed by atoms with E-state index in [1.807, 2.05) is 54.6 Å². The van der Waals surface area contributed by atoms with Crippen LogP contribution in [-0.2, 0) is 11.2 Å². The molecule has 19 heavy (non-hydrogen) atoms. The molecule has 2 aromatic rings. The van der Waals surface area contributed by atoms with E-state index in [1.165, 1.54) is 0 Å². The van der Waals surface area contributed by atoms with E-state index in [9.17, 15) is 4.79 Å². The van der Waals surface area contributed by atoms with Gasteiger partial charge in [0.2, 0.25) is 5.24 Å². The zero-order chi connectivity index (χ0) is 13.7. The summed E-state index contributed by atoms with van der Waals surface area (Å²) in [5.74, 6) is 0.382. The topological polar surface area (TPSA) is 26.3 Å².